The largest absolute Gasteiger partial charge is 0.383 e. The van der Waals surface area contributed by atoms with Gasteiger partial charge in [-0.05, 0) is 40.6 Å². The zero-order valence-corrected chi connectivity index (χ0v) is 15.7. The molecule has 0 atom stereocenters. The van der Waals surface area contributed by atoms with Gasteiger partial charge in [0.1, 0.15) is 11.5 Å². The Balaban J connectivity index is 1.80. The number of anilines is 1. The highest BCUT2D eigenvalue weighted by atomic mass is 19.2. The van der Waals surface area contributed by atoms with Crippen molar-refractivity contribution in [3.63, 3.8) is 0 Å². The molecule has 3 heterocycles. The molecule has 0 saturated heterocycles. The molecule has 0 fully saturated rings. The van der Waals surface area contributed by atoms with Crippen LogP contribution in [0.1, 0.15) is 25.5 Å². The van der Waals surface area contributed by atoms with Crippen molar-refractivity contribution in [1.29, 1.82) is 0 Å². The van der Waals surface area contributed by atoms with Crippen LogP contribution < -0.4 is 5.73 Å². The van der Waals surface area contributed by atoms with Crippen molar-refractivity contribution in [3.8, 4) is 28.2 Å². The summed E-state index contributed by atoms with van der Waals surface area (Å²) in [7, 11) is 0. The predicted octanol–water partition coefficient (Wildman–Crippen LogP) is 3.77. The second kappa shape index (κ2) is 7.34. The number of hydrogen-bond acceptors (Lipinski definition) is 6. The van der Waals surface area contributed by atoms with Crippen LogP contribution in [0.4, 0.5) is 14.6 Å². The number of rotatable bonds is 4. The minimum Gasteiger partial charge on any atom is -0.383 e. The maximum Gasteiger partial charge on any atom is 0.190 e. The lowest BCUT2D eigenvalue weighted by Crippen LogP contribution is -2.06. The van der Waals surface area contributed by atoms with Crippen LogP contribution >= 0.6 is 0 Å². The van der Waals surface area contributed by atoms with Crippen molar-refractivity contribution in [2.45, 2.75) is 19.8 Å². The maximum absolute atomic E-state index is 14.3. The molecule has 0 unspecified atom stereocenters. The Morgan fingerprint density at radius 3 is 2.52 bits per heavy atom. The Hall–Kier alpha value is -3.75. The van der Waals surface area contributed by atoms with Crippen LogP contribution in [-0.4, -0.2) is 30.2 Å². The van der Waals surface area contributed by atoms with E-state index in [1.807, 2.05) is 12.1 Å². The summed E-state index contributed by atoms with van der Waals surface area (Å²) in [4.78, 5) is 8.68. The van der Waals surface area contributed by atoms with Crippen LogP contribution in [0.3, 0.4) is 0 Å². The average Bonchev–Trinajstić information content (AvgIpc) is 3.20. The third kappa shape index (κ3) is 3.42. The van der Waals surface area contributed by atoms with Crippen LogP contribution in [0.15, 0.2) is 48.8 Å². The van der Waals surface area contributed by atoms with E-state index in [1.165, 1.54) is 12.1 Å². The van der Waals surface area contributed by atoms with Crippen molar-refractivity contribution < 1.29 is 8.78 Å². The highest BCUT2D eigenvalue weighted by Crippen LogP contribution is 2.30. The molecule has 0 aliphatic carbocycles. The van der Waals surface area contributed by atoms with E-state index in [9.17, 15) is 8.78 Å². The molecule has 1 aromatic carbocycles. The third-order valence-electron chi connectivity index (χ3n) is 4.50. The smallest absolute Gasteiger partial charge is 0.190 e. The number of pyridine rings is 2. The summed E-state index contributed by atoms with van der Waals surface area (Å²) < 4.78 is 29.0. The lowest BCUT2D eigenvalue weighted by Gasteiger charge is -2.10. The number of nitrogens with two attached hydrogens (primary N) is 1. The van der Waals surface area contributed by atoms with E-state index in [1.54, 1.807) is 18.5 Å². The SMILES string of the molecule is CC(C)c1ccc(-c2cnc(N)c(-c3nnnn3-c3cccc(F)c3F)c2)cn1. The lowest BCUT2D eigenvalue weighted by atomic mass is 10.0. The molecule has 146 valence electrons. The van der Waals surface area contributed by atoms with Crippen molar-refractivity contribution in [2.24, 2.45) is 0 Å². The Labute approximate surface area is 165 Å². The van der Waals surface area contributed by atoms with Gasteiger partial charge >= 0.3 is 0 Å². The summed E-state index contributed by atoms with van der Waals surface area (Å²) >= 11 is 0. The summed E-state index contributed by atoms with van der Waals surface area (Å²) in [5, 5.41) is 11.3. The molecule has 7 nitrogen and oxygen atoms in total. The molecule has 0 amide bonds. The summed E-state index contributed by atoms with van der Waals surface area (Å²) in [6, 6.07) is 9.40. The fraction of sp³-hybridized carbons (Fsp3) is 0.150. The summed E-state index contributed by atoms with van der Waals surface area (Å²) in [6.45, 7) is 4.13. The molecule has 0 aliphatic rings. The van der Waals surface area contributed by atoms with Gasteiger partial charge < -0.3 is 5.73 Å². The highest BCUT2D eigenvalue weighted by molar-refractivity contribution is 5.76. The van der Waals surface area contributed by atoms with Crippen LogP contribution in [0.2, 0.25) is 0 Å². The van der Waals surface area contributed by atoms with Gasteiger partial charge in [0.25, 0.3) is 0 Å². The number of tetrazole rings is 1. The van der Waals surface area contributed by atoms with E-state index in [4.69, 9.17) is 5.73 Å². The Kier molecular flexibility index (Phi) is 4.71. The molecule has 0 saturated carbocycles. The second-order valence-electron chi connectivity index (χ2n) is 6.77. The van der Waals surface area contributed by atoms with E-state index >= 15 is 0 Å². The van der Waals surface area contributed by atoms with Gasteiger partial charge in [-0.1, -0.05) is 26.0 Å². The van der Waals surface area contributed by atoms with Crippen LogP contribution in [0.25, 0.3) is 28.2 Å². The van der Waals surface area contributed by atoms with E-state index in [0.29, 0.717) is 11.5 Å². The topological polar surface area (TPSA) is 95.4 Å². The van der Waals surface area contributed by atoms with E-state index < -0.39 is 11.6 Å². The second-order valence-corrected chi connectivity index (χ2v) is 6.77. The summed E-state index contributed by atoms with van der Waals surface area (Å²) in [5.74, 6) is -1.44. The van der Waals surface area contributed by atoms with Gasteiger partial charge in [-0.15, -0.1) is 5.10 Å². The minimum atomic E-state index is -1.06. The van der Waals surface area contributed by atoms with Gasteiger partial charge in [0.05, 0.1) is 5.56 Å². The quantitative estimate of drug-likeness (QED) is 0.567. The van der Waals surface area contributed by atoms with Gasteiger partial charge in [0.15, 0.2) is 17.5 Å². The molecule has 0 aliphatic heterocycles. The van der Waals surface area contributed by atoms with Crippen molar-refractivity contribution in [3.05, 3.63) is 66.1 Å². The molecule has 2 N–H and O–H groups in total. The van der Waals surface area contributed by atoms with Gasteiger partial charge in [0, 0.05) is 29.2 Å². The van der Waals surface area contributed by atoms with E-state index in [0.717, 1.165) is 27.6 Å². The molecule has 4 aromatic rings. The van der Waals surface area contributed by atoms with Crippen molar-refractivity contribution in [1.82, 2.24) is 30.2 Å². The summed E-state index contributed by atoms with van der Waals surface area (Å²) in [6.07, 6.45) is 3.36. The van der Waals surface area contributed by atoms with Gasteiger partial charge in [-0.3, -0.25) is 4.98 Å². The molecule has 0 spiro atoms. The number of aromatic nitrogens is 6. The molecular weight excluding hydrogens is 376 g/mol. The van der Waals surface area contributed by atoms with E-state index in [-0.39, 0.29) is 17.3 Å². The minimum absolute atomic E-state index is 0.127. The van der Waals surface area contributed by atoms with Crippen LogP contribution in [-0.2, 0) is 0 Å². The molecule has 4 rings (SSSR count). The monoisotopic (exact) mass is 393 g/mol. The Morgan fingerprint density at radius 2 is 1.79 bits per heavy atom. The molecule has 0 bridgehead atoms. The van der Waals surface area contributed by atoms with Crippen molar-refractivity contribution >= 4 is 5.82 Å². The third-order valence-corrected chi connectivity index (χ3v) is 4.50. The van der Waals surface area contributed by atoms with Gasteiger partial charge in [0.2, 0.25) is 0 Å². The first-order valence-electron chi connectivity index (χ1n) is 8.90. The average molecular weight is 393 g/mol. The first kappa shape index (κ1) is 18.6. The first-order chi connectivity index (χ1) is 14.0. The lowest BCUT2D eigenvalue weighted by molar-refractivity contribution is 0.501. The zero-order chi connectivity index (χ0) is 20.5. The van der Waals surface area contributed by atoms with Crippen LogP contribution in [0.5, 0.6) is 0 Å². The standard InChI is InChI=1S/C20H17F2N7/c1-11(2)16-7-6-12(9-24-16)13-8-14(19(23)25-10-13)20-26-27-28-29(20)17-5-3-4-15(21)18(17)22/h3-11H,1-2H3,(H2,23,25). The number of halogens is 2. The molecule has 29 heavy (non-hydrogen) atoms. The van der Waals surface area contributed by atoms with Gasteiger partial charge in [-0.25, -0.2) is 13.8 Å². The molecule has 3 aromatic heterocycles. The normalized spacial score (nSPS) is 11.2. The summed E-state index contributed by atoms with van der Waals surface area (Å²) in [5.41, 5.74) is 8.85. The number of nitrogen functional groups attached to an aromatic ring is 1. The van der Waals surface area contributed by atoms with Crippen molar-refractivity contribution in [2.75, 3.05) is 5.73 Å². The zero-order valence-electron chi connectivity index (χ0n) is 15.7. The van der Waals surface area contributed by atoms with Crippen LogP contribution in [0, 0.1) is 11.6 Å². The van der Waals surface area contributed by atoms with Gasteiger partial charge in [-0.2, -0.15) is 4.68 Å². The maximum atomic E-state index is 14.3. The fourth-order valence-electron chi connectivity index (χ4n) is 2.90. The number of nitrogens with zero attached hydrogens (tertiary/aromatic N) is 6. The predicted molar refractivity (Wildman–Crippen MR) is 104 cm³/mol. The molecular formula is C20H17F2N7. The fourth-order valence-corrected chi connectivity index (χ4v) is 2.90. The Bertz CT molecular complexity index is 1170. The number of benzene rings is 1. The Morgan fingerprint density at radius 1 is 1.00 bits per heavy atom. The highest BCUT2D eigenvalue weighted by Gasteiger charge is 2.19. The molecule has 0 radical (unpaired) electrons. The number of hydrogen-bond donors (Lipinski definition) is 1. The molecule has 9 heteroatoms. The van der Waals surface area contributed by atoms with E-state index in [2.05, 4.69) is 39.3 Å². The first-order valence-corrected chi connectivity index (χ1v) is 8.90.